The molecule has 0 saturated carbocycles. The summed E-state index contributed by atoms with van der Waals surface area (Å²) in [6, 6.07) is 5.49. The molecule has 204 valence electrons. The van der Waals surface area contributed by atoms with Crippen LogP contribution in [0.4, 0.5) is 13.2 Å². The summed E-state index contributed by atoms with van der Waals surface area (Å²) in [4.78, 5) is 48.6. The van der Waals surface area contributed by atoms with E-state index in [1.54, 1.807) is 29.2 Å². The number of aliphatic hydroxyl groups excluding tert-OH is 1. The molecule has 12 nitrogen and oxygen atoms in total. The lowest BCUT2D eigenvalue weighted by Crippen LogP contribution is -2.50. The van der Waals surface area contributed by atoms with E-state index in [2.05, 4.69) is 0 Å². The van der Waals surface area contributed by atoms with Gasteiger partial charge in [-0.1, -0.05) is 12.1 Å². The molecular weight excluding hydrogens is 505 g/mol. The Labute approximate surface area is 208 Å². The Kier molecular flexibility index (Phi) is 9.96. The van der Waals surface area contributed by atoms with Gasteiger partial charge < -0.3 is 35.6 Å². The molecule has 2 amide bonds. The van der Waals surface area contributed by atoms with Gasteiger partial charge >= 0.3 is 18.1 Å². The summed E-state index contributed by atoms with van der Waals surface area (Å²) in [5, 5.41) is 33.4. The second kappa shape index (κ2) is 12.5. The first-order valence-electron chi connectivity index (χ1n) is 11.1. The number of hydrogen-bond acceptors (Lipinski definition) is 7. The van der Waals surface area contributed by atoms with Crippen molar-refractivity contribution in [3.63, 3.8) is 0 Å². The normalized spacial score (nSPS) is 20.1. The molecule has 0 bridgehead atoms. The summed E-state index contributed by atoms with van der Waals surface area (Å²) < 4.78 is 37.0. The zero-order chi connectivity index (χ0) is 27.9. The van der Waals surface area contributed by atoms with Crippen molar-refractivity contribution in [3.05, 3.63) is 35.4 Å². The maximum atomic E-state index is 13.0. The zero-order valence-electron chi connectivity index (χ0n) is 19.5. The standard InChI is InChI=1S/C20H26N4O6.C2HF3O2/c21-18(22)12-1-3-13(4-2-12)19(28)24-10-14(25)9-16(24)20(29)23-7-5-15(6-8-23)30-11-17(26)27;3-2(4,5)1(6)7/h1-4,14-16,25H,5-11H2,(H3,21,22)(H,26,27);(H,6,7)/t14-,16+;/m1./s1. The van der Waals surface area contributed by atoms with Crippen molar-refractivity contribution in [2.24, 2.45) is 5.73 Å². The molecule has 0 spiro atoms. The fraction of sp³-hybridized carbons (Fsp3) is 0.500. The molecule has 2 aliphatic heterocycles. The number of nitrogens with zero attached hydrogens (tertiary/aromatic N) is 2. The number of benzene rings is 1. The molecule has 0 aliphatic carbocycles. The summed E-state index contributed by atoms with van der Waals surface area (Å²) in [5.74, 6) is -4.47. The van der Waals surface area contributed by atoms with Crippen molar-refractivity contribution < 1.29 is 52.4 Å². The molecule has 2 atom stereocenters. The van der Waals surface area contributed by atoms with Crippen molar-refractivity contribution >= 4 is 29.6 Å². The predicted molar refractivity (Wildman–Crippen MR) is 120 cm³/mol. The third kappa shape index (κ3) is 8.42. The molecular formula is C22H27F3N4O8. The van der Waals surface area contributed by atoms with Gasteiger partial charge in [0.1, 0.15) is 18.5 Å². The second-order valence-electron chi connectivity index (χ2n) is 8.39. The van der Waals surface area contributed by atoms with Crippen LogP contribution in [-0.2, 0) is 19.1 Å². The van der Waals surface area contributed by atoms with Crippen molar-refractivity contribution in [2.75, 3.05) is 26.2 Å². The molecule has 2 saturated heterocycles. The van der Waals surface area contributed by atoms with Gasteiger partial charge in [0.15, 0.2) is 0 Å². The molecule has 1 aromatic carbocycles. The SMILES string of the molecule is N=C(N)c1ccc(C(=O)N2C[C@H](O)C[C@H]2C(=O)N2CCC(OCC(=O)O)CC2)cc1.O=C(O)C(F)(F)F. The monoisotopic (exact) mass is 532 g/mol. The highest BCUT2D eigenvalue weighted by Crippen LogP contribution is 2.25. The van der Waals surface area contributed by atoms with E-state index in [4.69, 9.17) is 30.9 Å². The fourth-order valence-corrected chi connectivity index (χ4v) is 3.87. The van der Waals surface area contributed by atoms with Gasteiger partial charge in [0.2, 0.25) is 5.91 Å². The first kappa shape index (κ1) is 29.5. The number of β-amino-alcohol motifs (C(OH)–C–C–N with tert-alkyl or cyclic N) is 1. The fourth-order valence-electron chi connectivity index (χ4n) is 3.87. The zero-order valence-corrected chi connectivity index (χ0v) is 19.5. The van der Waals surface area contributed by atoms with Gasteiger partial charge in [-0.2, -0.15) is 13.2 Å². The summed E-state index contributed by atoms with van der Waals surface area (Å²) in [7, 11) is 0. The lowest BCUT2D eigenvalue weighted by atomic mass is 10.0. The number of piperidine rings is 1. The minimum absolute atomic E-state index is 0.0713. The van der Waals surface area contributed by atoms with Gasteiger partial charge in [-0.3, -0.25) is 15.0 Å². The lowest BCUT2D eigenvalue weighted by Gasteiger charge is -2.35. The number of rotatable bonds is 6. The predicted octanol–water partition coefficient (Wildman–Crippen LogP) is 0.272. The molecule has 15 heteroatoms. The van der Waals surface area contributed by atoms with Crippen LogP contribution in [0.25, 0.3) is 0 Å². The summed E-state index contributed by atoms with van der Waals surface area (Å²) in [5.41, 5.74) is 6.28. The van der Waals surface area contributed by atoms with E-state index in [1.165, 1.54) is 4.90 Å². The van der Waals surface area contributed by atoms with E-state index in [1.807, 2.05) is 0 Å². The summed E-state index contributed by atoms with van der Waals surface area (Å²) >= 11 is 0. The molecule has 2 aliphatic rings. The summed E-state index contributed by atoms with van der Waals surface area (Å²) in [6.45, 7) is 0.524. The third-order valence-electron chi connectivity index (χ3n) is 5.71. The molecule has 6 N–H and O–H groups in total. The van der Waals surface area contributed by atoms with Gasteiger partial charge in [0.25, 0.3) is 5.91 Å². The van der Waals surface area contributed by atoms with Gasteiger partial charge in [-0.25, -0.2) is 9.59 Å². The number of amides is 2. The van der Waals surface area contributed by atoms with Gasteiger partial charge in [-0.05, 0) is 25.0 Å². The van der Waals surface area contributed by atoms with E-state index in [9.17, 15) is 32.7 Å². The largest absolute Gasteiger partial charge is 0.490 e. The number of amidine groups is 1. The third-order valence-corrected chi connectivity index (χ3v) is 5.71. The minimum Gasteiger partial charge on any atom is -0.480 e. The van der Waals surface area contributed by atoms with Crippen LogP contribution in [-0.4, -0.2) is 105 Å². The topological polar surface area (TPSA) is 195 Å². The molecule has 1 aromatic rings. The smallest absolute Gasteiger partial charge is 0.480 e. The van der Waals surface area contributed by atoms with Gasteiger partial charge in [0.05, 0.1) is 12.2 Å². The number of carboxylic acids is 2. The summed E-state index contributed by atoms with van der Waals surface area (Å²) in [6.07, 6.45) is -4.86. The number of carboxylic acid groups (broad SMARTS) is 2. The van der Waals surface area contributed by atoms with Crippen LogP contribution >= 0.6 is 0 Å². The van der Waals surface area contributed by atoms with Crippen molar-refractivity contribution in [3.8, 4) is 0 Å². The van der Waals surface area contributed by atoms with Crippen LogP contribution in [0.5, 0.6) is 0 Å². The molecule has 0 aromatic heterocycles. The van der Waals surface area contributed by atoms with E-state index in [-0.39, 0.29) is 43.3 Å². The first-order chi connectivity index (χ1) is 17.2. The Morgan fingerprint density at radius 2 is 1.57 bits per heavy atom. The molecule has 0 unspecified atom stereocenters. The highest BCUT2D eigenvalue weighted by Gasteiger charge is 2.42. The Bertz CT molecular complexity index is 1010. The number of nitrogen functional groups attached to an aromatic ring is 1. The van der Waals surface area contributed by atoms with Crippen LogP contribution in [0.15, 0.2) is 24.3 Å². The maximum absolute atomic E-state index is 13.0. The molecule has 3 rings (SSSR count). The van der Waals surface area contributed by atoms with Crippen LogP contribution in [0.1, 0.15) is 35.2 Å². The number of nitrogens with one attached hydrogen (secondary N) is 1. The number of aliphatic hydroxyl groups is 1. The number of carbonyl (C=O) groups is 4. The number of nitrogens with two attached hydrogens (primary N) is 1. The number of halogens is 3. The second-order valence-corrected chi connectivity index (χ2v) is 8.39. The van der Waals surface area contributed by atoms with Crippen LogP contribution in [0.2, 0.25) is 0 Å². The van der Waals surface area contributed by atoms with E-state index >= 15 is 0 Å². The quantitative estimate of drug-likeness (QED) is 0.252. The van der Waals surface area contributed by atoms with Crippen molar-refractivity contribution in [2.45, 2.75) is 43.7 Å². The minimum atomic E-state index is -5.08. The Morgan fingerprint density at radius 3 is 2.03 bits per heavy atom. The highest BCUT2D eigenvalue weighted by atomic mass is 19.4. The molecule has 2 heterocycles. The van der Waals surface area contributed by atoms with E-state index < -0.39 is 30.3 Å². The van der Waals surface area contributed by atoms with E-state index in [0.29, 0.717) is 37.1 Å². The maximum Gasteiger partial charge on any atom is 0.490 e. The lowest BCUT2D eigenvalue weighted by molar-refractivity contribution is -0.192. The number of aliphatic carboxylic acids is 2. The molecule has 2 fully saturated rings. The first-order valence-corrected chi connectivity index (χ1v) is 11.1. The van der Waals surface area contributed by atoms with Crippen LogP contribution < -0.4 is 5.73 Å². The number of carbonyl (C=O) groups excluding carboxylic acids is 2. The Balaban J connectivity index is 0.000000604. The van der Waals surface area contributed by atoms with Crippen LogP contribution in [0, 0.1) is 5.41 Å². The van der Waals surface area contributed by atoms with E-state index in [0.717, 1.165) is 0 Å². The number of likely N-dealkylation sites (tertiary alicyclic amines) is 2. The van der Waals surface area contributed by atoms with Crippen molar-refractivity contribution in [1.82, 2.24) is 9.80 Å². The number of ether oxygens (including phenoxy) is 1. The number of alkyl halides is 3. The molecule has 37 heavy (non-hydrogen) atoms. The Morgan fingerprint density at radius 1 is 1.05 bits per heavy atom. The number of hydrogen-bond donors (Lipinski definition) is 5. The Hall–Kier alpha value is -3.72. The van der Waals surface area contributed by atoms with Gasteiger partial charge in [0, 0.05) is 37.2 Å². The molecule has 0 radical (unpaired) electrons. The average molecular weight is 532 g/mol. The van der Waals surface area contributed by atoms with Gasteiger partial charge in [-0.15, -0.1) is 0 Å². The van der Waals surface area contributed by atoms with Crippen LogP contribution in [0.3, 0.4) is 0 Å². The average Bonchev–Trinajstić information content (AvgIpc) is 3.23. The highest BCUT2D eigenvalue weighted by molar-refractivity contribution is 6.00. The van der Waals surface area contributed by atoms with Crippen molar-refractivity contribution in [1.29, 1.82) is 5.41 Å².